The third-order valence-electron chi connectivity index (χ3n) is 3.62. The first-order valence-corrected chi connectivity index (χ1v) is 6.87. The molecule has 1 fully saturated rings. The summed E-state index contributed by atoms with van der Waals surface area (Å²) >= 11 is 0. The van der Waals surface area contributed by atoms with E-state index in [2.05, 4.69) is 10.6 Å². The molecule has 1 aromatic carbocycles. The summed E-state index contributed by atoms with van der Waals surface area (Å²) in [6.07, 6.45) is 3.60. The van der Waals surface area contributed by atoms with Crippen molar-refractivity contribution >= 4 is 6.03 Å². The molecule has 0 saturated heterocycles. The van der Waals surface area contributed by atoms with Crippen LogP contribution in [0.5, 0.6) is 0 Å². The van der Waals surface area contributed by atoms with Crippen LogP contribution in [0.2, 0.25) is 0 Å². The lowest BCUT2D eigenvalue weighted by atomic mass is 9.88. The second-order valence-corrected chi connectivity index (χ2v) is 5.52. The molecule has 1 aliphatic carbocycles. The van der Waals surface area contributed by atoms with E-state index in [1.54, 1.807) is 12.1 Å². The van der Waals surface area contributed by atoms with Gasteiger partial charge >= 0.3 is 6.03 Å². The predicted octanol–water partition coefficient (Wildman–Crippen LogP) is 3.30. The molecule has 1 aromatic rings. The molecule has 1 aliphatic rings. The summed E-state index contributed by atoms with van der Waals surface area (Å²) < 4.78 is 14.0. The van der Waals surface area contributed by atoms with Crippen molar-refractivity contribution in [3.63, 3.8) is 0 Å². The van der Waals surface area contributed by atoms with Gasteiger partial charge in [0.15, 0.2) is 0 Å². The van der Waals surface area contributed by atoms with Crippen LogP contribution in [0, 0.1) is 5.82 Å². The molecule has 0 spiro atoms. The number of nitrogens with one attached hydrogen (secondary N) is 2. The zero-order chi connectivity index (χ0) is 13.9. The molecule has 1 saturated carbocycles. The van der Waals surface area contributed by atoms with Gasteiger partial charge in [-0.1, -0.05) is 31.0 Å². The van der Waals surface area contributed by atoms with Gasteiger partial charge in [-0.05, 0) is 32.8 Å². The first-order chi connectivity index (χ1) is 9.03. The first-order valence-electron chi connectivity index (χ1n) is 6.87. The number of benzene rings is 1. The minimum atomic E-state index is -0.551. The van der Waals surface area contributed by atoms with Crippen molar-refractivity contribution in [2.24, 2.45) is 0 Å². The summed E-state index contributed by atoms with van der Waals surface area (Å²) in [5.74, 6) is -0.241. The minimum Gasteiger partial charge on any atom is -0.336 e. The Hall–Kier alpha value is -1.58. The maximum absolute atomic E-state index is 14.0. The van der Waals surface area contributed by atoms with Gasteiger partial charge in [0, 0.05) is 11.6 Å². The van der Waals surface area contributed by atoms with Crippen molar-refractivity contribution in [1.82, 2.24) is 10.6 Å². The molecule has 4 heteroatoms. The normalized spacial score (nSPS) is 17.5. The lowest BCUT2D eigenvalue weighted by Crippen LogP contribution is -2.50. The van der Waals surface area contributed by atoms with E-state index >= 15 is 0 Å². The lowest BCUT2D eigenvalue weighted by Gasteiger charge is -2.31. The van der Waals surface area contributed by atoms with Crippen molar-refractivity contribution in [2.75, 3.05) is 0 Å². The molecule has 19 heavy (non-hydrogen) atoms. The number of carbonyl (C=O) groups excluding carboxylic acids is 1. The highest BCUT2D eigenvalue weighted by Gasteiger charge is 2.38. The van der Waals surface area contributed by atoms with E-state index < -0.39 is 5.54 Å². The second kappa shape index (κ2) is 5.59. The zero-order valence-electron chi connectivity index (χ0n) is 11.5. The van der Waals surface area contributed by atoms with Gasteiger partial charge in [-0.2, -0.15) is 0 Å². The SMILES string of the molecule is CC(C)NC(=O)NC1(c2ccccc2F)CCCC1. The van der Waals surface area contributed by atoms with E-state index in [0.29, 0.717) is 5.56 Å². The van der Waals surface area contributed by atoms with Gasteiger partial charge in [-0.25, -0.2) is 9.18 Å². The van der Waals surface area contributed by atoms with Crippen LogP contribution in [0.15, 0.2) is 24.3 Å². The second-order valence-electron chi connectivity index (χ2n) is 5.52. The van der Waals surface area contributed by atoms with E-state index in [9.17, 15) is 9.18 Å². The average molecular weight is 264 g/mol. The molecule has 0 unspecified atom stereocenters. The van der Waals surface area contributed by atoms with Crippen LogP contribution in [-0.4, -0.2) is 12.1 Å². The molecule has 0 atom stereocenters. The van der Waals surface area contributed by atoms with E-state index in [1.165, 1.54) is 6.07 Å². The summed E-state index contributed by atoms with van der Waals surface area (Å²) in [4.78, 5) is 12.0. The van der Waals surface area contributed by atoms with Crippen molar-refractivity contribution in [2.45, 2.75) is 51.1 Å². The monoisotopic (exact) mass is 264 g/mol. The highest BCUT2D eigenvalue weighted by atomic mass is 19.1. The van der Waals surface area contributed by atoms with Crippen LogP contribution < -0.4 is 10.6 Å². The highest BCUT2D eigenvalue weighted by molar-refractivity contribution is 5.75. The average Bonchev–Trinajstić information content (AvgIpc) is 2.77. The Kier molecular flexibility index (Phi) is 4.08. The molecular weight excluding hydrogens is 243 g/mol. The van der Waals surface area contributed by atoms with Gasteiger partial charge in [0.2, 0.25) is 0 Å². The summed E-state index contributed by atoms with van der Waals surface area (Å²) in [7, 11) is 0. The van der Waals surface area contributed by atoms with Crippen LogP contribution in [0.3, 0.4) is 0 Å². The van der Waals surface area contributed by atoms with Crippen molar-refractivity contribution < 1.29 is 9.18 Å². The summed E-state index contributed by atoms with van der Waals surface area (Å²) in [6.45, 7) is 3.81. The molecule has 0 aliphatic heterocycles. The number of halogens is 1. The predicted molar refractivity (Wildman–Crippen MR) is 73.3 cm³/mol. The Morgan fingerprint density at radius 2 is 1.89 bits per heavy atom. The number of hydrogen-bond acceptors (Lipinski definition) is 1. The van der Waals surface area contributed by atoms with Gasteiger partial charge in [-0.15, -0.1) is 0 Å². The Bertz CT molecular complexity index is 453. The smallest absolute Gasteiger partial charge is 0.315 e. The van der Waals surface area contributed by atoms with Crippen LogP contribution in [0.25, 0.3) is 0 Å². The van der Waals surface area contributed by atoms with Gasteiger partial charge in [-0.3, -0.25) is 0 Å². The number of urea groups is 1. The van der Waals surface area contributed by atoms with Crippen LogP contribution in [0.4, 0.5) is 9.18 Å². The fourth-order valence-electron chi connectivity index (χ4n) is 2.81. The van der Waals surface area contributed by atoms with Crippen LogP contribution >= 0.6 is 0 Å². The third kappa shape index (κ3) is 3.06. The summed E-state index contributed by atoms with van der Waals surface area (Å²) in [5, 5.41) is 5.80. The van der Waals surface area contributed by atoms with Gasteiger partial charge in [0.05, 0.1) is 5.54 Å². The number of carbonyl (C=O) groups is 1. The van der Waals surface area contributed by atoms with E-state index in [4.69, 9.17) is 0 Å². The molecule has 0 heterocycles. The molecule has 104 valence electrons. The molecule has 2 amide bonds. The Morgan fingerprint density at radius 1 is 1.26 bits per heavy atom. The van der Waals surface area contributed by atoms with Crippen LogP contribution in [-0.2, 0) is 5.54 Å². The number of rotatable bonds is 3. The fraction of sp³-hybridized carbons (Fsp3) is 0.533. The number of amides is 2. The van der Waals surface area contributed by atoms with Gasteiger partial charge < -0.3 is 10.6 Å². The first kappa shape index (κ1) is 13.8. The van der Waals surface area contributed by atoms with Crippen LogP contribution in [0.1, 0.15) is 45.1 Å². The Morgan fingerprint density at radius 3 is 2.47 bits per heavy atom. The Balaban J connectivity index is 2.24. The standard InChI is InChI=1S/C15H21FN2O/c1-11(2)17-14(19)18-15(9-5-6-10-15)12-7-3-4-8-13(12)16/h3-4,7-8,11H,5-6,9-10H2,1-2H3,(H2,17,18,19). The van der Waals surface area contributed by atoms with E-state index in [-0.39, 0.29) is 17.9 Å². The quantitative estimate of drug-likeness (QED) is 0.864. The molecule has 2 rings (SSSR count). The van der Waals surface area contributed by atoms with E-state index in [1.807, 2.05) is 19.9 Å². The maximum Gasteiger partial charge on any atom is 0.315 e. The summed E-state index contributed by atoms with van der Waals surface area (Å²) in [6, 6.07) is 6.57. The maximum atomic E-state index is 14.0. The lowest BCUT2D eigenvalue weighted by molar-refractivity contribution is 0.221. The molecule has 0 radical (unpaired) electrons. The largest absolute Gasteiger partial charge is 0.336 e. The van der Waals surface area contributed by atoms with E-state index in [0.717, 1.165) is 25.7 Å². The molecule has 3 nitrogen and oxygen atoms in total. The fourth-order valence-corrected chi connectivity index (χ4v) is 2.81. The van der Waals surface area contributed by atoms with Crippen molar-refractivity contribution in [3.05, 3.63) is 35.6 Å². The molecule has 2 N–H and O–H groups in total. The molecule has 0 bridgehead atoms. The third-order valence-corrected chi connectivity index (χ3v) is 3.62. The van der Waals surface area contributed by atoms with Crippen molar-refractivity contribution in [1.29, 1.82) is 0 Å². The topological polar surface area (TPSA) is 41.1 Å². The minimum absolute atomic E-state index is 0.0686. The highest BCUT2D eigenvalue weighted by Crippen LogP contribution is 2.39. The van der Waals surface area contributed by atoms with Gasteiger partial charge in [0.1, 0.15) is 5.82 Å². The van der Waals surface area contributed by atoms with Gasteiger partial charge in [0.25, 0.3) is 0 Å². The zero-order valence-corrected chi connectivity index (χ0v) is 11.5. The molecule has 0 aromatic heterocycles. The van der Waals surface area contributed by atoms with Crippen molar-refractivity contribution in [3.8, 4) is 0 Å². The summed E-state index contributed by atoms with van der Waals surface area (Å²) in [5.41, 5.74) is 0.0519. The molecular formula is C15H21FN2O. The Labute approximate surface area is 113 Å². The number of hydrogen-bond donors (Lipinski definition) is 2.